The van der Waals surface area contributed by atoms with Crippen molar-refractivity contribution in [3.8, 4) is 0 Å². The lowest BCUT2D eigenvalue weighted by Gasteiger charge is -2.00. The van der Waals surface area contributed by atoms with E-state index in [0.29, 0.717) is 5.92 Å². The van der Waals surface area contributed by atoms with Gasteiger partial charge >= 0.3 is 0 Å². The summed E-state index contributed by atoms with van der Waals surface area (Å²) in [7, 11) is 0. The molecular weight excluding hydrogens is 148 g/mol. The van der Waals surface area contributed by atoms with Gasteiger partial charge < -0.3 is 4.98 Å². The predicted octanol–water partition coefficient (Wildman–Crippen LogP) is 0.813. The molecule has 0 atom stereocenters. The van der Waals surface area contributed by atoms with Crippen molar-refractivity contribution in [1.82, 2.24) is 9.97 Å². The molecule has 0 fully saturated rings. The Bertz CT molecular complexity index is 371. The van der Waals surface area contributed by atoms with Gasteiger partial charge in [0.25, 0.3) is 0 Å². The number of nitrogens with zero attached hydrogens (tertiary/aromatic N) is 1. The van der Waals surface area contributed by atoms with Gasteiger partial charge in [-0.25, -0.2) is 4.98 Å². The fourth-order valence-corrected chi connectivity index (χ4v) is 0.798. The van der Waals surface area contributed by atoms with E-state index in [1.807, 2.05) is 6.08 Å². The summed E-state index contributed by atoms with van der Waals surface area (Å²) in [5.74, 6) is 0.459. The third kappa shape index (κ3) is 1.84. The first-order valence-corrected chi connectivity index (χ1v) is 4.00. The third-order valence-corrected chi connectivity index (χ3v) is 1.82. The van der Waals surface area contributed by atoms with Gasteiger partial charge in [-0.2, -0.15) is 0 Å². The van der Waals surface area contributed by atoms with E-state index >= 15 is 0 Å². The lowest BCUT2D eigenvalue weighted by molar-refractivity contribution is 0.804. The number of aromatic amines is 1. The second-order valence-electron chi connectivity index (χ2n) is 3.14. The van der Waals surface area contributed by atoms with E-state index < -0.39 is 0 Å². The molecule has 0 aliphatic rings. The van der Waals surface area contributed by atoms with E-state index in [1.54, 1.807) is 6.33 Å². The highest BCUT2D eigenvalue weighted by Crippen LogP contribution is 2.06. The van der Waals surface area contributed by atoms with Gasteiger partial charge in [0, 0.05) is 0 Å². The zero-order valence-electron chi connectivity index (χ0n) is 7.59. The first-order valence-electron chi connectivity index (χ1n) is 4.00. The maximum absolute atomic E-state index is 4.10. The third-order valence-electron chi connectivity index (χ3n) is 1.82. The van der Waals surface area contributed by atoms with Crippen molar-refractivity contribution in [2.75, 3.05) is 0 Å². The average Bonchev–Trinajstić information content (AvgIpc) is 2.36. The van der Waals surface area contributed by atoms with E-state index in [4.69, 9.17) is 0 Å². The van der Waals surface area contributed by atoms with Crippen molar-refractivity contribution in [1.29, 1.82) is 0 Å². The van der Waals surface area contributed by atoms with E-state index in [-0.39, 0.29) is 0 Å². The van der Waals surface area contributed by atoms with Crippen LogP contribution in [0.2, 0.25) is 0 Å². The van der Waals surface area contributed by atoms with Gasteiger partial charge in [0.2, 0.25) is 0 Å². The van der Waals surface area contributed by atoms with Crippen LogP contribution in [0.4, 0.5) is 0 Å². The van der Waals surface area contributed by atoms with Crippen LogP contribution in [0.3, 0.4) is 0 Å². The summed E-state index contributed by atoms with van der Waals surface area (Å²) in [6.07, 6.45) is 3.60. The van der Waals surface area contributed by atoms with Crippen LogP contribution in [-0.2, 0) is 0 Å². The summed E-state index contributed by atoms with van der Waals surface area (Å²) in [4.78, 5) is 7.02. The molecular formula is C10H14N2. The molecule has 0 amide bonds. The van der Waals surface area contributed by atoms with Gasteiger partial charge in [0.05, 0.1) is 17.0 Å². The van der Waals surface area contributed by atoms with Crippen LogP contribution in [0.15, 0.2) is 18.5 Å². The van der Waals surface area contributed by atoms with Crippen LogP contribution in [0.25, 0.3) is 12.7 Å². The Hall–Kier alpha value is -1.31. The van der Waals surface area contributed by atoms with E-state index in [1.165, 1.54) is 0 Å². The second kappa shape index (κ2) is 3.39. The number of aromatic nitrogens is 2. The molecule has 2 nitrogen and oxygen atoms in total. The minimum Gasteiger partial charge on any atom is -0.345 e. The Balaban J connectivity index is 3.06. The van der Waals surface area contributed by atoms with Gasteiger partial charge in [-0.15, -0.1) is 0 Å². The summed E-state index contributed by atoms with van der Waals surface area (Å²) < 4.78 is 0. The van der Waals surface area contributed by atoms with E-state index in [0.717, 1.165) is 16.3 Å². The van der Waals surface area contributed by atoms with Crippen molar-refractivity contribution >= 4 is 12.7 Å². The minimum atomic E-state index is 0.459. The molecule has 1 aromatic rings. The van der Waals surface area contributed by atoms with Gasteiger partial charge in [-0.05, 0) is 12.0 Å². The van der Waals surface area contributed by atoms with Crippen LogP contribution in [0.1, 0.15) is 13.8 Å². The molecule has 0 aromatic carbocycles. The number of hydrogen-bond acceptors (Lipinski definition) is 1. The number of hydrogen-bond donors (Lipinski definition) is 1. The Kier molecular flexibility index (Phi) is 2.48. The van der Waals surface area contributed by atoms with Crippen molar-refractivity contribution in [2.45, 2.75) is 13.8 Å². The molecule has 1 aromatic heterocycles. The Morgan fingerprint density at radius 2 is 2.33 bits per heavy atom. The van der Waals surface area contributed by atoms with Crippen LogP contribution >= 0.6 is 0 Å². The molecule has 2 heteroatoms. The normalized spacial score (nSPS) is 12.4. The van der Waals surface area contributed by atoms with Crippen LogP contribution in [0.5, 0.6) is 0 Å². The highest BCUT2D eigenvalue weighted by Gasteiger charge is 1.95. The highest BCUT2D eigenvalue weighted by atomic mass is 14.8. The second-order valence-corrected chi connectivity index (χ2v) is 3.14. The van der Waals surface area contributed by atoms with Crippen molar-refractivity contribution in [3.63, 3.8) is 0 Å². The average molecular weight is 162 g/mol. The van der Waals surface area contributed by atoms with Crippen LogP contribution in [0, 0.1) is 5.92 Å². The molecule has 0 unspecified atom stereocenters. The number of rotatable bonds is 2. The molecule has 0 saturated heterocycles. The number of H-pyrrole nitrogens is 1. The Morgan fingerprint density at radius 1 is 1.67 bits per heavy atom. The maximum Gasteiger partial charge on any atom is 0.0931 e. The molecule has 64 valence electrons. The zero-order chi connectivity index (χ0) is 9.14. The molecule has 1 rings (SSSR count). The molecule has 0 bridgehead atoms. The van der Waals surface area contributed by atoms with E-state index in [2.05, 4.69) is 37.0 Å². The zero-order valence-corrected chi connectivity index (χ0v) is 7.59. The largest absolute Gasteiger partial charge is 0.345 e. The smallest absolute Gasteiger partial charge is 0.0931 e. The quantitative estimate of drug-likeness (QED) is 0.685. The lowest BCUT2D eigenvalue weighted by atomic mass is 10.1. The highest BCUT2D eigenvalue weighted by molar-refractivity contribution is 5.43. The summed E-state index contributed by atoms with van der Waals surface area (Å²) in [5, 5.41) is 1.73. The lowest BCUT2D eigenvalue weighted by Crippen LogP contribution is -2.22. The van der Waals surface area contributed by atoms with Gasteiger partial charge in [-0.3, -0.25) is 0 Å². The standard InChI is InChI=1S/C10H14N2/c1-7(2)8(3)5-10-9(4)11-6-12-10/h5-7H,3-4H2,1-2H3,(H,11,12)/b10-5+. The summed E-state index contributed by atoms with van der Waals surface area (Å²) >= 11 is 0. The van der Waals surface area contributed by atoms with Gasteiger partial charge in [0.1, 0.15) is 0 Å². The topological polar surface area (TPSA) is 28.7 Å². The van der Waals surface area contributed by atoms with Crippen molar-refractivity contribution in [3.05, 3.63) is 29.2 Å². The van der Waals surface area contributed by atoms with Crippen LogP contribution < -0.4 is 10.7 Å². The molecule has 0 saturated carbocycles. The Labute approximate surface area is 72.3 Å². The van der Waals surface area contributed by atoms with E-state index in [9.17, 15) is 0 Å². The monoisotopic (exact) mass is 162 g/mol. The molecule has 0 radical (unpaired) electrons. The fraction of sp³-hybridized carbons (Fsp3) is 0.300. The molecule has 0 spiro atoms. The molecule has 1 heterocycles. The summed E-state index contributed by atoms with van der Waals surface area (Å²) in [6, 6.07) is 0. The SMILES string of the molecule is C=C(/C=c1/nc[nH]c1=C)C(C)C. The fourth-order valence-electron chi connectivity index (χ4n) is 0.798. The molecule has 1 N–H and O–H groups in total. The van der Waals surface area contributed by atoms with Gasteiger partial charge in [0.15, 0.2) is 0 Å². The summed E-state index contributed by atoms with van der Waals surface area (Å²) in [5.41, 5.74) is 1.08. The molecule has 12 heavy (non-hydrogen) atoms. The molecule has 0 aliphatic carbocycles. The first-order chi connectivity index (χ1) is 5.61. The summed E-state index contributed by atoms with van der Waals surface area (Å²) in [6.45, 7) is 11.9. The molecule has 0 aliphatic heterocycles. The number of nitrogens with one attached hydrogen (secondary N) is 1. The van der Waals surface area contributed by atoms with Crippen molar-refractivity contribution in [2.24, 2.45) is 5.92 Å². The van der Waals surface area contributed by atoms with Crippen LogP contribution in [-0.4, -0.2) is 9.97 Å². The number of allylic oxidation sites excluding steroid dienone is 1. The van der Waals surface area contributed by atoms with Gasteiger partial charge in [-0.1, -0.05) is 32.6 Å². The minimum absolute atomic E-state index is 0.459. The number of imidazole rings is 1. The maximum atomic E-state index is 4.10. The first kappa shape index (κ1) is 8.78. The Morgan fingerprint density at radius 3 is 2.75 bits per heavy atom. The predicted molar refractivity (Wildman–Crippen MR) is 51.8 cm³/mol. The van der Waals surface area contributed by atoms with Crippen molar-refractivity contribution < 1.29 is 0 Å².